The quantitative estimate of drug-likeness (QED) is 0.362. The van der Waals surface area contributed by atoms with Gasteiger partial charge in [0.15, 0.2) is 0 Å². The van der Waals surface area contributed by atoms with Crippen LogP contribution >= 0.6 is 0 Å². The van der Waals surface area contributed by atoms with Crippen LogP contribution in [0.25, 0.3) is 10.8 Å². The Morgan fingerprint density at radius 1 is 1.10 bits per heavy atom. The fourth-order valence-electron chi connectivity index (χ4n) is 3.15. The third-order valence-corrected chi connectivity index (χ3v) is 4.58. The average Bonchev–Trinajstić information content (AvgIpc) is 2.73. The lowest BCUT2D eigenvalue weighted by Gasteiger charge is -2.22. The first-order chi connectivity index (χ1) is 14.0. The van der Waals surface area contributed by atoms with Crippen molar-refractivity contribution in [2.75, 3.05) is 17.7 Å². The molecule has 0 unspecified atom stereocenters. The molecule has 3 aromatic carbocycles. The molecule has 0 aliphatic heterocycles. The summed E-state index contributed by atoms with van der Waals surface area (Å²) in [5.41, 5.74) is 7.42. The fraction of sp³-hybridized carbons (Fsp3) is 0.174. The molecular formula is C23H24N2O4. The predicted octanol–water partition coefficient (Wildman–Crippen LogP) is 3.76. The van der Waals surface area contributed by atoms with Gasteiger partial charge in [-0.15, -0.1) is 0 Å². The van der Waals surface area contributed by atoms with E-state index in [2.05, 4.69) is 5.32 Å². The van der Waals surface area contributed by atoms with Crippen molar-refractivity contribution in [3.8, 4) is 5.75 Å². The molecule has 150 valence electrons. The largest absolute Gasteiger partial charge is 0.507 e. The Kier molecular flexibility index (Phi) is 6.49. The number of nitrogens with one attached hydrogen (secondary N) is 1. The highest BCUT2D eigenvalue weighted by atomic mass is 16.5. The SMILES string of the molecule is CCO[C@@H](/C=C/C(=O)Nc1ccccc1N)[C@@H](O)c1ccc(O)c2ccccc12. The Hall–Kier alpha value is -3.35. The number of fused-ring (bicyclic) bond motifs is 1. The highest BCUT2D eigenvalue weighted by molar-refractivity contribution is 6.01. The van der Waals surface area contributed by atoms with Crippen molar-refractivity contribution >= 4 is 28.1 Å². The van der Waals surface area contributed by atoms with Crippen molar-refractivity contribution in [1.82, 2.24) is 0 Å². The molecule has 5 N–H and O–H groups in total. The molecular weight excluding hydrogens is 368 g/mol. The number of hydrogen-bond donors (Lipinski definition) is 4. The number of hydrogen-bond acceptors (Lipinski definition) is 5. The second kappa shape index (κ2) is 9.23. The average molecular weight is 392 g/mol. The molecule has 0 aliphatic carbocycles. The number of nitrogens with two attached hydrogens (primary N) is 1. The van der Waals surface area contributed by atoms with Crippen LogP contribution in [0.5, 0.6) is 5.75 Å². The summed E-state index contributed by atoms with van der Waals surface area (Å²) in [6.07, 6.45) is 1.07. The number of anilines is 2. The number of ether oxygens (including phenoxy) is 1. The van der Waals surface area contributed by atoms with E-state index >= 15 is 0 Å². The summed E-state index contributed by atoms with van der Waals surface area (Å²) in [5, 5.41) is 25.1. The number of aromatic hydroxyl groups is 1. The Bertz CT molecular complexity index is 1030. The van der Waals surface area contributed by atoms with Gasteiger partial charge in [0.1, 0.15) is 18.0 Å². The van der Waals surface area contributed by atoms with Gasteiger partial charge in [0.2, 0.25) is 5.91 Å². The van der Waals surface area contributed by atoms with Crippen LogP contribution < -0.4 is 11.1 Å². The molecule has 0 fully saturated rings. The molecule has 0 heterocycles. The molecule has 0 saturated carbocycles. The van der Waals surface area contributed by atoms with Crippen molar-refractivity contribution in [3.05, 3.63) is 78.4 Å². The topological polar surface area (TPSA) is 105 Å². The molecule has 0 bridgehead atoms. The van der Waals surface area contributed by atoms with E-state index in [-0.39, 0.29) is 11.7 Å². The van der Waals surface area contributed by atoms with Crippen molar-refractivity contribution in [3.63, 3.8) is 0 Å². The predicted molar refractivity (Wildman–Crippen MR) is 115 cm³/mol. The number of phenolic OH excluding ortho intramolecular Hbond substituents is 1. The number of carbonyl (C=O) groups excluding carboxylic acids is 1. The van der Waals surface area contributed by atoms with Gasteiger partial charge in [0.05, 0.1) is 11.4 Å². The van der Waals surface area contributed by atoms with Crippen molar-refractivity contribution in [2.24, 2.45) is 0 Å². The normalized spacial score (nSPS) is 13.4. The molecule has 6 nitrogen and oxygen atoms in total. The van der Waals surface area contributed by atoms with Crippen molar-refractivity contribution < 1.29 is 19.7 Å². The molecule has 29 heavy (non-hydrogen) atoms. The van der Waals surface area contributed by atoms with Crippen LogP contribution in [0.3, 0.4) is 0 Å². The van der Waals surface area contributed by atoms with Gasteiger partial charge in [-0.2, -0.15) is 0 Å². The van der Waals surface area contributed by atoms with Crippen molar-refractivity contribution in [1.29, 1.82) is 0 Å². The van der Waals surface area contributed by atoms with Crippen LogP contribution in [0, 0.1) is 0 Å². The minimum Gasteiger partial charge on any atom is -0.507 e. The minimum atomic E-state index is -1.02. The molecule has 0 saturated heterocycles. The van der Waals surface area contributed by atoms with Gasteiger partial charge in [0.25, 0.3) is 0 Å². The lowest BCUT2D eigenvalue weighted by atomic mass is 9.96. The van der Waals surface area contributed by atoms with Gasteiger partial charge >= 0.3 is 0 Å². The smallest absolute Gasteiger partial charge is 0.248 e. The van der Waals surface area contributed by atoms with Crippen LogP contribution in [0.15, 0.2) is 72.8 Å². The van der Waals surface area contributed by atoms with Crippen LogP contribution in [-0.2, 0) is 9.53 Å². The van der Waals surface area contributed by atoms with Crippen LogP contribution in [-0.4, -0.2) is 28.8 Å². The maximum absolute atomic E-state index is 12.3. The first-order valence-electron chi connectivity index (χ1n) is 9.35. The first kappa shape index (κ1) is 20.4. The van der Waals surface area contributed by atoms with Gasteiger partial charge in [-0.25, -0.2) is 0 Å². The van der Waals surface area contributed by atoms with Crippen molar-refractivity contribution in [2.45, 2.75) is 19.1 Å². The number of aliphatic hydroxyl groups is 1. The molecule has 2 atom stereocenters. The molecule has 0 aromatic heterocycles. The van der Waals surface area contributed by atoms with Crippen LogP contribution in [0.2, 0.25) is 0 Å². The number of rotatable bonds is 7. The number of nitrogen functional groups attached to an aromatic ring is 1. The number of para-hydroxylation sites is 2. The van der Waals surface area contributed by atoms with E-state index in [4.69, 9.17) is 10.5 Å². The second-order valence-corrected chi connectivity index (χ2v) is 6.52. The van der Waals surface area contributed by atoms with Crippen LogP contribution in [0.1, 0.15) is 18.6 Å². The Morgan fingerprint density at radius 3 is 2.52 bits per heavy atom. The number of amides is 1. The zero-order valence-corrected chi connectivity index (χ0v) is 16.1. The summed E-state index contributed by atoms with van der Waals surface area (Å²) in [6, 6.07) is 17.4. The maximum atomic E-state index is 12.3. The van der Waals surface area contributed by atoms with Gasteiger partial charge < -0.3 is 26.0 Å². The molecule has 1 amide bonds. The monoisotopic (exact) mass is 392 g/mol. The highest BCUT2D eigenvalue weighted by Gasteiger charge is 2.22. The van der Waals surface area contributed by atoms with Crippen LogP contribution in [0.4, 0.5) is 11.4 Å². The minimum absolute atomic E-state index is 0.139. The van der Waals surface area contributed by atoms with Gasteiger partial charge in [0, 0.05) is 18.1 Å². The number of benzene rings is 3. The maximum Gasteiger partial charge on any atom is 0.248 e. The van der Waals surface area contributed by atoms with E-state index in [1.54, 1.807) is 42.5 Å². The lowest BCUT2D eigenvalue weighted by molar-refractivity contribution is -0.112. The third-order valence-electron chi connectivity index (χ3n) is 4.58. The van der Waals surface area contributed by atoms with E-state index in [1.165, 1.54) is 12.2 Å². The third kappa shape index (κ3) is 4.74. The number of aliphatic hydroxyl groups excluding tert-OH is 1. The summed E-state index contributed by atoms with van der Waals surface area (Å²) in [4.78, 5) is 12.3. The molecule has 0 radical (unpaired) electrons. The number of phenols is 1. The zero-order valence-electron chi connectivity index (χ0n) is 16.1. The summed E-state index contributed by atoms with van der Waals surface area (Å²) < 4.78 is 5.66. The Morgan fingerprint density at radius 2 is 1.79 bits per heavy atom. The van der Waals surface area contributed by atoms with Gasteiger partial charge in [-0.3, -0.25) is 4.79 Å². The molecule has 3 rings (SSSR count). The standard InChI is InChI=1S/C23H24N2O4/c1-2-29-21(13-14-22(27)25-19-10-6-5-9-18(19)24)23(28)17-11-12-20(26)16-8-4-3-7-15(16)17/h3-14,21,23,26,28H,2,24H2,1H3,(H,25,27)/b14-13+/t21-,23-/m0/s1. The zero-order chi connectivity index (χ0) is 20.8. The highest BCUT2D eigenvalue weighted by Crippen LogP contribution is 2.33. The Labute approximate surface area is 169 Å². The second-order valence-electron chi connectivity index (χ2n) is 6.52. The van der Waals surface area contributed by atoms with E-state index in [0.717, 1.165) is 5.39 Å². The lowest BCUT2D eigenvalue weighted by Crippen LogP contribution is -2.21. The van der Waals surface area contributed by atoms with E-state index in [9.17, 15) is 15.0 Å². The number of carbonyl (C=O) groups is 1. The molecule has 6 heteroatoms. The van der Waals surface area contributed by atoms with E-state index in [1.807, 2.05) is 25.1 Å². The summed E-state index contributed by atoms with van der Waals surface area (Å²) in [6.45, 7) is 2.17. The Balaban J connectivity index is 1.82. The summed E-state index contributed by atoms with van der Waals surface area (Å²) in [5.74, 6) is -0.241. The summed E-state index contributed by atoms with van der Waals surface area (Å²) >= 11 is 0. The summed E-state index contributed by atoms with van der Waals surface area (Å²) in [7, 11) is 0. The van der Waals surface area contributed by atoms with Gasteiger partial charge in [-0.05, 0) is 42.1 Å². The fourth-order valence-corrected chi connectivity index (χ4v) is 3.15. The molecule has 0 aliphatic rings. The molecule has 0 spiro atoms. The first-order valence-corrected chi connectivity index (χ1v) is 9.35. The van der Waals surface area contributed by atoms with E-state index in [0.29, 0.717) is 28.9 Å². The van der Waals surface area contributed by atoms with Gasteiger partial charge in [-0.1, -0.05) is 42.5 Å². The molecule has 3 aromatic rings. The van der Waals surface area contributed by atoms with E-state index < -0.39 is 12.2 Å².